The Labute approximate surface area is 36.2 Å². The molecule has 6 heavy (non-hydrogen) atoms. The molecule has 0 aliphatic heterocycles. The van der Waals surface area contributed by atoms with E-state index < -0.39 is 13.3 Å². The average molecular weight is 93.1 g/mol. The minimum Gasteiger partial charge on any atom is -0.251 e. The highest BCUT2D eigenvalue weighted by molar-refractivity contribution is 4.59. The molecule has 0 unspecified atom stereocenters. The van der Waals surface area contributed by atoms with Crippen LogP contribution in [0.15, 0.2) is 0 Å². The van der Waals surface area contributed by atoms with Crippen molar-refractivity contribution in [3.63, 3.8) is 0 Å². The Morgan fingerprint density at radius 3 is 2.17 bits per heavy atom. The molecule has 0 spiro atoms. The van der Waals surface area contributed by atoms with Crippen molar-refractivity contribution in [2.45, 2.75) is 6.42 Å². The first kappa shape index (κ1) is 5.86. The van der Waals surface area contributed by atoms with E-state index in [9.17, 15) is 8.78 Å². The zero-order chi connectivity index (χ0) is 4.83. The van der Waals surface area contributed by atoms with Crippen LogP contribution < -0.4 is 0 Å². The van der Waals surface area contributed by atoms with Crippen LogP contribution >= 0.6 is 0 Å². The smallest absolute Gasteiger partial charge is 0.0927 e. The van der Waals surface area contributed by atoms with E-state index in [-0.39, 0.29) is 6.42 Å². The van der Waals surface area contributed by atoms with Crippen LogP contribution in [0.4, 0.5) is 8.78 Å². The second-order valence-electron chi connectivity index (χ2n) is 0.921. The molecule has 37 valence electrons. The van der Waals surface area contributed by atoms with E-state index in [2.05, 4.69) is 0 Å². The van der Waals surface area contributed by atoms with Gasteiger partial charge in [0.15, 0.2) is 0 Å². The van der Waals surface area contributed by atoms with Crippen LogP contribution in [0.5, 0.6) is 0 Å². The summed E-state index contributed by atoms with van der Waals surface area (Å²) in [5.74, 6) is 0. The van der Waals surface area contributed by atoms with Crippen molar-refractivity contribution in [3.8, 4) is 0 Å². The third-order valence-electron chi connectivity index (χ3n) is 0.422. The summed E-state index contributed by atoms with van der Waals surface area (Å²) in [6, 6.07) is 0. The number of hydrogen-bond acceptors (Lipinski definition) is 0. The molecule has 0 saturated carbocycles. The highest BCUT2D eigenvalue weighted by Gasteiger charge is 1.81. The second kappa shape index (κ2) is 4.86. The fourth-order valence-electron chi connectivity index (χ4n) is 0.154. The van der Waals surface area contributed by atoms with Gasteiger partial charge in [-0.1, -0.05) is 0 Å². The number of rotatable bonds is 3. The van der Waals surface area contributed by atoms with Crippen LogP contribution in [0.1, 0.15) is 6.42 Å². The topological polar surface area (TPSA) is 0 Å². The summed E-state index contributed by atoms with van der Waals surface area (Å²) in [6.07, 6.45) is 1.51. The maximum atomic E-state index is 11.0. The van der Waals surface area contributed by atoms with Crippen molar-refractivity contribution in [1.29, 1.82) is 0 Å². The van der Waals surface area contributed by atoms with E-state index in [1.165, 1.54) is 6.42 Å². The predicted octanol–water partition coefficient (Wildman–Crippen LogP) is 1.52. The van der Waals surface area contributed by atoms with Gasteiger partial charge in [-0.2, -0.15) is 0 Å². The molecule has 0 atom stereocenters. The van der Waals surface area contributed by atoms with Crippen molar-refractivity contribution < 1.29 is 8.78 Å². The summed E-state index contributed by atoms with van der Waals surface area (Å²) in [5.41, 5.74) is 0. The monoisotopic (exact) mass is 93.1 g/mol. The van der Waals surface area contributed by atoms with E-state index in [0.29, 0.717) is 0 Å². The van der Waals surface area contributed by atoms with Gasteiger partial charge < -0.3 is 0 Å². The summed E-state index contributed by atoms with van der Waals surface area (Å²) in [5, 5.41) is 0. The quantitative estimate of drug-likeness (QED) is 0.464. The molecule has 0 fully saturated rings. The Bertz CT molecular complexity index is 17.5. The van der Waals surface area contributed by atoms with Crippen LogP contribution in [0.2, 0.25) is 0 Å². The van der Waals surface area contributed by atoms with Gasteiger partial charge in [0.2, 0.25) is 0 Å². The summed E-state index contributed by atoms with van der Waals surface area (Å²) in [4.78, 5) is 0. The van der Waals surface area contributed by atoms with E-state index in [1.54, 1.807) is 0 Å². The lowest BCUT2D eigenvalue weighted by Crippen LogP contribution is -1.78. The SMILES string of the molecule is FC[CH]CCF. The summed E-state index contributed by atoms with van der Waals surface area (Å²) >= 11 is 0. The van der Waals surface area contributed by atoms with Crippen molar-refractivity contribution in [1.82, 2.24) is 0 Å². The average Bonchev–Trinajstić information content (AvgIpc) is 1.61. The Kier molecular flexibility index (Phi) is 4.75. The highest BCUT2D eigenvalue weighted by atomic mass is 19.1. The van der Waals surface area contributed by atoms with Crippen molar-refractivity contribution in [2.24, 2.45) is 0 Å². The molecule has 0 saturated heterocycles. The standard InChI is InChI=1S/C4H7F2/c5-3-1-2-4-6/h1H,2-4H2. The predicted molar refractivity (Wildman–Crippen MR) is 20.9 cm³/mol. The third kappa shape index (κ3) is 3.86. The number of hydrogen-bond donors (Lipinski definition) is 0. The Hall–Kier alpha value is -0.140. The van der Waals surface area contributed by atoms with Crippen LogP contribution in [0.3, 0.4) is 0 Å². The first-order valence-corrected chi connectivity index (χ1v) is 1.85. The molecular formula is C4H7F2. The van der Waals surface area contributed by atoms with Crippen LogP contribution in [-0.4, -0.2) is 13.3 Å². The minimum absolute atomic E-state index is 0.247. The molecule has 0 N–H and O–H groups in total. The molecule has 0 heterocycles. The zero-order valence-electron chi connectivity index (χ0n) is 3.45. The van der Waals surface area contributed by atoms with E-state index in [4.69, 9.17) is 0 Å². The summed E-state index contributed by atoms with van der Waals surface area (Å²) < 4.78 is 21.9. The van der Waals surface area contributed by atoms with Crippen LogP contribution in [0, 0.1) is 6.42 Å². The molecule has 0 aromatic carbocycles. The molecule has 0 amide bonds. The fraction of sp³-hybridized carbons (Fsp3) is 0.750. The van der Waals surface area contributed by atoms with E-state index in [1.807, 2.05) is 0 Å². The Morgan fingerprint density at radius 1 is 1.33 bits per heavy atom. The van der Waals surface area contributed by atoms with Gasteiger partial charge in [0.25, 0.3) is 0 Å². The minimum atomic E-state index is -0.510. The molecule has 0 aliphatic rings. The van der Waals surface area contributed by atoms with E-state index >= 15 is 0 Å². The molecule has 0 nitrogen and oxygen atoms in total. The van der Waals surface area contributed by atoms with Gasteiger partial charge >= 0.3 is 0 Å². The molecule has 0 bridgehead atoms. The van der Waals surface area contributed by atoms with Gasteiger partial charge in [0.1, 0.15) is 0 Å². The Morgan fingerprint density at radius 2 is 2.00 bits per heavy atom. The van der Waals surface area contributed by atoms with E-state index in [0.717, 1.165) is 0 Å². The number of halogens is 2. The molecule has 0 aliphatic carbocycles. The van der Waals surface area contributed by atoms with Gasteiger partial charge in [-0.15, -0.1) is 0 Å². The lowest BCUT2D eigenvalue weighted by Gasteiger charge is -1.81. The molecule has 0 rings (SSSR count). The van der Waals surface area contributed by atoms with Gasteiger partial charge in [-0.3, -0.25) is 8.78 Å². The van der Waals surface area contributed by atoms with Gasteiger partial charge in [-0.25, -0.2) is 0 Å². The number of unbranched alkanes of at least 4 members (excludes halogenated alkanes) is 1. The molecule has 0 aromatic heterocycles. The number of alkyl halides is 2. The highest BCUT2D eigenvalue weighted by Crippen LogP contribution is 1.85. The zero-order valence-corrected chi connectivity index (χ0v) is 3.45. The summed E-state index contributed by atoms with van der Waals surface area (Å²) in [6.45, 7) is -0.951. The molecule has 0 aromatic rings. The lowest BCUT2D eigenvalue weighted by atomic mass is 10.4. The largest absolute Gasteiger partial charge is 0.251 e. The maximum absolute atomic E-state index is 11.0. The molecule has 1 radical (unpaired) electrons. The van der Waals surface area contributed by atoms with Crippen LogP contribution in [0.25, 0.3) is 0 Å². The van der Waals surface area contributed by atoms with Gasteiger partial charge in [0.05, 0.1) is 13.3 Å². The lowest BCUT2D eigenvalue weighted by molar-refractivity contribution is 0.462. The van der Waals surface area contributed by atoms with Crippen LogP contribution in [-0.2, 0) is 0 Å². The molecule has 2 heteroatoms. The van der Waals surface area contributed by atoms with Gasteiger partial charge in [0, 0.05) is 0 Å². The maximum Gasteiger partial charge on any atom is 0.0927 e. The third-order valence-corrected chi connectivity index (χ3v) is 0.422. The Balaban J connectivity index is 2.34. The normalized spacial score (nSPS) is 9.00. The van der Waals surface area contributed by atoms with Crippen molar-refractivity contribution in [3.05, 3.63) is 6.42 Å². The summed E-state index contributed by atoms with van der Waals surface area (Å²) in [7, 11) is 0. The van der Waals surface area contributed by atoms with Crippen molar-refractivity contribution >= 4 is 0 Å². The first-order valence-electron chi connectivity index (χ1n) is 1.85. The molecular weight excluding hydrogens is 86.0 g/mol. The van der Waals surface area contributed by atoms with Gasteiger partial charge in [-0.05, 0) is 12.8 Å². The fourth-order valence-corrected chi connectivity index (χ4v) is 0.154. The van der Waals surface area contributed by atoms with Crippen molar-refractivity contribution in [2.75, 3.05) is 13.3 Å². The second-order valence-corrected chi connectivity index (χ2v) is 0.921. The first-order chi connectivity index (χ1) is 2.91.